The second kappa shape index (κ2) is 10.0. The van der Waals surface area contributed by atoms with Crippen LogP contribution in [0, 0.1) is 0 Å². The van der Waals surface area contributed by atoms with Crippen LogP contribution >= 0.6 is 11.8 Å². The number of amides is 1. The summed E-state index contributed by atoms with van der Waals surface area (Å²) >= 11 is 1.46. The van der Waals surface area contributed by atoms with Gasteiger partial charge in [-0.3, -0.25) is 4.79 Å². The number of nitrogens with one attached hydrogen (secondary N) is 1. The summed E-state index contributed by atoms with van der Waals surface area (Å²) in [6.07, 6.45) is 0. The molecule has 0 unspecified atom stereocenters. The van der Waals surface area contributed by atoms with Crippen LogP contribution in [-0.2, 0) is 17.1 Å². The lowest BCUT2D eigenvalue weighted by molar-refractivity contribution is -0.120. The van der Waals surface area contributed by atoms with E-state index < -0.39 is 6.61 Å². The number of halogens is 2. The van der Waals surface area contributed by atoms with Crippen LogP contribution in [0.15, 0.2) is 48.5 Å². The summed E-state index contributed by atoms with van der Waals surface area (Å²) in [5, 5.41) is 2.65. The van der Waals surface area contributed by atoms with Gasteiger partial charge in [0.15, 0.2) is 11.5 Å². The molecule has 1 N–H and O–H groups in total. The number of alkyl halides is 2. The maximum Gasteiger partial charge on any atom is 0.387 e. The normalized spacial score (nSPS) is 11.9. The van der Waals surface area contributed by atoms with Crippen LogP contribution in [0.3, 0.4) is 0 Å². The van der Waals surface area contributed by atoms with Crippen molar-refractivity contribution in [2.24, 2.45) is 0 Å². The van der Waals surface area contributed by atoms with Crippen LogP contribution in [0.2, 0.25) is 0 Å². The summed E-state index contributed by atoms with van der Waals surface area (Å²) in [6.45, 7) is -0.591. The maximum atomic E-state index is 12.3. The Labute approximate surface area is 155 Å². The molecule has 0 saturated carbocycles. The molecule has 1 atom stereocenters. The van der Waals surface area contributed by atoms with Gasteiger partial charge in [0.05, 0.1) is 12.4 Å². The Morgan fingerprint density at radius 3 is 2.50 bits per heavy atom. The van der Waals surface area contributed by atoms with Gasteiger partial charge in [-0.1, -0.05) is 36.4 Å². The summed E-state index contributed by atoms with van der Waals surface area (Å²) in [4.78, 5) is 12.2. The zero-order valence-electron chi connectivity index (χ0n) is 14.6. The minimum Gasteiger partial charge on any atom is -0.493 e. The summed E-state index contributed by atoms with van der Waals surface area (Å²) in [5.41, 5.74) is 1.90. The van der Waals surface area contributed by atoms with E-state index in [1.165, 1.54) is 24.9 Å². The molecule has 0 aliphatic heterocycles. The van der Waals surface area contributed by atoms with Crippen LogP contribution in [0.4, 0.5) is 8.78 Å². The monoisotopic (exact) mass is 381 g/mol. The van der Waals surface area contributed by atoms with Crippen LogP contribution in [0.1, 0.15) is 18.1 Å². The Bertz CT molecular complexity index is 713. The van der Waals surface area contributed by atoms with Gasteiger partial charge in [-0.25, -0.2) is 0 Å². The first kappa shape index (κ1) is 20.0. The van der Waals surface area contributed by atoms with E-state index in [1.54, 1.807) is 12.1 Å². The molecular formula is C19H21F2NO3S. The lowest BCUT2D eigenvalue weighted by Gasteiger charge is -2.14. The molecule has 1 amide bonds. The fraction of sp³-hybridized carbons (Fsp3) is 0.316. The van der Waals surface area contributed by atoms with Crippen molar-refractivity contribution < 1.29 is 23.0 Å². The zero-order chi connectivity index (χ0) is 18.9. The fourth-order valence-corrected chi connectivity index (χ4v) is 3.08. The van der Waals surface area contributed by atoms with Gasteiger partial charge in [-0.2, -0.15) is 8.78 Å². The Morgan fingerprint density at radius 1 is 1.12 bits per heavy atom. The minimum atomic E-state index is -2.91. The number of benzene rings is 2. The SMILES string of the molecule is COc1cc(CS[C@H](C)C(=O)NCc2ccccc2)ccc1OC(F)F. The van der Waals surface area contributed by atoms with Gasteiger partial charge in [0.25, 0.3) is 0 Å². The molecule has 7 heteroatoms. The number of methoxy groups -OCH3 is 1. The van der Waals surface area contributed by atoms with Crippen molar-refractivity contribution in [1.82, 2.24) is 5.32 Å². The number of rotatable bonds is 9. The highest BCUT2D eigenvalue weighted by Crippen LogP contribution is 2.31. The summed E-state index contributed by atoms with van der Waals surface area (Å²) in [5.74, 6) is 0.726. The third-order valence-electron chi connectivity index (χ3n) is 3.62. The highest BCUT2D eigenvalue weighted by molar-refractivity contribution is 7.99. The van der Waals surface area contributed by atoms with Crippen molar-refractivity contribution in [2.75, 3.05) is 7.11 Å². The topological polar surface area (TPSA) is 47.6 Å². The first-order chi connectivity index (χ1) is 12.5. The van der Waals surface area contributed by atoms with E-state index in [2.05, 4.69) is 10.1 Å². The van der Waals surface area contributed by atoms with E-state index in [-0.39, 0.29) is 22.7 Å². The molecule has 0 fully saturated rings. The van der Waals surface area contributed by atoms with E-state index >= 15 is 0 Å². The summed E-state index contributed by atoms with van der Waals surface area (Å²) in [7, 11) is 1.39. The van der Waals surface area contributed by atoms with E-state index in [4.69, 9.17) is 4.74 Å². The first-order valence-electron chi connectivity index (χ1n) is 8.04. The summed E-state index contributed by atoms with van der Waals surface area (Å²) < 4.78 is 34.2. The highest BCUT2D eigenvalue weighted by Gasteiger charge is 2.15. The molecular weight excluding hydrogens is 360 g/mol. The van der Waals surface area contributed by atoms with Gasteiger partial charge in [0.2, 0.25) is 5.91 Å². The first-order valence-corrected chi connectivity index (χ1v) is 9.09. The average Bonchev–Trinajstić information content (AvgIpc) is 2.65. The lowest BCUT2D eigenvalue weighted by atomic mass is 10.2. The van der Waals surface area contributed by atoms with E-state index in [0.717, 1.165) is 11.1 Å². The van der Waals surface area contributed by atoms with Crippen molar-refractivity contribution in [3.05, 3.63) is 59.7 Å². The third kappa shape index (κ3) is 6.22. The number of carbonyl (C=O) groups is 1. The van der Waals surface area contributed by atoms with Gasteiger partial charge in [-0.05, 0) is 30.2 Å². The Balaban J connectivity index is 1.86. The molecule has 2 rings (SSSR count). The lowest BCUT2D eigenvalue weighted by Crippen LogP contribution is -2.30. The highest BCUT2D eigenvalue weighted by atomic mass is 32.2. The number of hydrogen-bond donors (Lipinski definition) is 1. The molecule has 140 valence electrons. The predicted molar refractivity (Wildman–Crippen MR) is 98.7 cm³/mol. The molecule has 0 heterocycles. The van der Waals surface area contributed by atoms with Gasteiger partial charge in [-0.15, -0.1) is 11.8 Å². The van der Waals surface area contributed by atoms with Gasteiger partial charge < -0.3 is 14.8 Å². The molecule has 0 aliphatic rings. The molecule has 0 radical (unpaired) electrons. The van der Waals surface area contributed by atoms with Crippen LogP contribution < -0.4 is 14.8 Å². The van der Waals surface area contributed by atoms with E-state index in [0.29, 0.717) is 12.3 Å². The van der Waals surface area contributed by atoms with E-state index in [1.807, 2.05) is 37.3 Å². The molecule has 26 heavy (non-hydrogen) atoms. The summed E-state index contributed by atoms with van der Waals surface area (Å²) in [6, 6.07) is 14.4. The fourth-order valence-electron chi connectivity index (χ4n) is 2.22. The van der Waals surface area contributed by atoms with Crippen LogP contribution in [-0.4, -0.2) is 24.9 Å². The second-order valence-corrected chi connectivity index (χ2v) is 6.85. The molecule has 0 aromatic heterocycles. The molecule has 2 aromatic rings. The quantitative estimate of drug-likeness (QED) is 0.706. The van der Waals surface area contributed by atoms with Crippen LogP contribution in [0.5, 0.6) is 11.5 Å². The van der Waals surface area contributed by atoms with Gasteiger partial charge >= 0.3 is 6.61 Å². The Hall–Kier alpha value is -2.28. The van der Waals surface area contributed by atoms with Crippen LogP contribution in [0.25, 0.3) is 0 Å². The van der Waals surface area contributed by atoms with Crippen molar-refractivity contribution in [3.63, 3.8) is 0 Å². The number of ether oxygens (including phenoxy) is 2. The van der Waals surface area contributed by atoms with Gasteiger partial charge in [0, 0.05) is 12.3 Å². The predicted octanol–water partition coefficient (Wildman–Crippen LogP) is 4.23. The second-order valence-electron chi connectivity index (χ2n) is 5.52. The molecule has 0 spiro atoms. The molecule has 0 aliphatic carbocycles. The smallest absolute Gasteiger partial charge is 0.387 e. The maximum absolute atomic E-state index is 12.3. The van der Waals surface area contributed by atoms with Gasteiger partial charge in [0.1, 0.15) is 0 Å². The van der Waals surface area contributed by atoms with Crippen molar-refractivity contribution in [3.8, 4) is 11.5 Å². The third-order valence-corrected chi connectivity index (χ3v) is 4.84. The number of hydrogen-bond acceptors (Lipinski definition) is 4. The minimum absolute atomic E-state index is 0.00935. The molecule has 0 saturated heterocycles. The van der Waals surface area contributed by atoms with E-state index in [9.17, 15) is 13.6 Å². The molecule has 2 aromatic carbocycles. The number of carbonyl (C=O) groups excluding carboxylic acids is 1. The van der Waals surface area contributed by atoms with Crippen molar-refractivity contribution in [1.29, 1.82) is 0 Å². The largest absolute Gasteiger partial charge is 0.493 e. The Kier molecular flexibility index (Phi) is 7.72. The molecule has 4 nitrogen and oxygen atoms in total. The van der Waals surface area contributed by atoms with Crippen molar-refractivity contribution >= 4 is 17.7 Å². The average molecular weight is 381 g/mol. The standard InChI is InChI=1S/C19H21F2NO3S/c1-13(18(23)22-11-14-6-4-3-5-7-14)26-12-15-8-9-16(25-19(20)21)17(10-15)24-2/h3-10,13,19H,11-12H2,1-2H3,(H,22,23)/t13-/m1/s1. The number of thioether (sulfide) groups is 1. The van der Waals surface area contributed by atoms with Crippen molar-refractivity contribution in [2.45, 2.75) is 31.1 Å². The molecule has 0 bridgehead atoms. The zero-order valence-corrected chi connectivity index (χ0v) is 15.4. The Morgan fingerprint density at radius 2 is 1.85 bits per heavy atom.